The zero-order valence-corrected chi connectivity index (χ0v) is 15.1. The number of nitrogens with zero attached hydrogens (tertiary/aromatic N) is 4. The van der Waals surface area contributed by atoms with E-state index in [4.69, 9.17) is 11.6 Å². The maximum absolute atomic E-state index is 12.5. The summed E-state index contributed by atoms with van der Waals surface area (Å²) in [7, 11) is 0. The highest BCUT2D eigenvalue weighted by molar-refractivity contribution is 6.33. The molecule has 3 heterocycles. The normalized spacial score (nSPS) is 15.5. The summed E-state index contributed by atoms with van der Waals surface area (Å²) in [6.45, 7) is 4.22. The highest BCUT2D eigenvalue weighted by atomic mass is 35.5. The molecule has 1 aromatic carbocycles. The number of fused-ring (bicyclic) bond motifs is 1. The Morgan fingerprint density at radius 1 is 1.12 bits per heavy atom. The average molecular weight is 370 g/mol. The monoisotopic (exact) mass is 369 g/mol. The Hall–Kier alpha value is -2.44. The molecular weight excluding hydrogens is 350 g/mol. The molecule has 0 bridgehead atoms. The lowest BCUT2D eigenvalue weighted by Gasteiger charge is -2.34. The topological polar surface area (TPSA) is 65.1 Å². The van der Waals surface area contributed by atoms with Crippen LogP contribution in [0.5, 0.6) is 0 Å². The lowest BCUT2D eigenvalue weighted by atomic mass is 10.1. The highest BCUT2D eigenvalue weighted by Crippen LogP contribution is 2.21. The number of carbonyl (C=O) groups excluding carboxylic acids is 1. The molecule has 134 valence electrons. The van der Waals surface area contributed by atoms with Gasteiger partial charge in [-0.05, 0) is 24.1 Å². The van der Waals surface area contributed by atoms with Crippen molar-refractivity contribution in [1.82, 2.24) is 24.8 Å². The second-order valence-corrected chi connectivity index (χ2v) is 6.81. The number of benzene rings is 1. The Labute approximate surface area is 156 Å². The molecule has 0 spiro atoms. The molecule has 0 unspecified atom stereocenters. The fourth-order valence-corrected chi connectivity index (χ4v) is 3.56. The second-order valence-electron chi connectivity index (χ2n) is 6.45. The molecule has 1 N–H and O–H groups in total. The number of nitrogens with one attached hydrogen (secondary N) is 1. The molecule has 0 radical (unpaired) electrons. The minimum Gasteiger partial charge on any atom is -0.357 e. The van der Waals surface area contributed by atoms with Crippen molar-refractivity contribution in [1.29, 1.82) is 0 Å². The van der Waals surface area contributed by atoms with Crippen molar-refractivity contribution in [3.05, 3.63) is 59.1 Å². The first kappa shape index (κ1) is 17.0. The number of amides is 1. The zero-order valence-electron chi connectivity index (χ0n) is 14.4. The Morgan fingerprint density at radius 2 is 1.88 bits per heavy atom. The number of piperazine rings is 1. The quantitative estimate of drug-likeness (QED) is 0.718. The molecule has 0 atom stereocenters. The average Bonchev–Trinajstić information content (AvgIpc) is 3.11. The van der Waals surface area contributed by atoms with Gasteiger partial charge in [0.25, 0.3) is 5.91 Å². The maximum Gasteiger partial charge on any atom is 0.253 e. The van der Waals surface area contributed by atoms with Crippen LogP contribution in [0.3, 0.4) is 0 Å². The molecule has 0 aliphatic carbocycles. The van der Waals surface area contributed by atoms with E-state index in [0.717, 1.165) is 61.3 Å². The van der Waals surface area contributed by atoms with Gasteiger partial charge in [-0.3, -0.25) is 9.69 Å². The van der Waals surface area contributed by atoms with Crippen LogP contribution in [0.2, 0.25) is 5.15 Å². The summed E-state index contributed by atoms with van der Waals surface area (Å²) in [6.07, 6.45) is 4.34. The summed E-state index contributed by atoms with van der Waals surface area (Å²) in [5, 5.41) is 0.453. The van der Waals surface area contributed by atoms with Crippen molar-refractivity contribution in [3.8, 4) is 0 Å². The number of aromatic amines is 1. The number of hydrogen-bond acceptors (Lipinski definition) is 4. The van der Waals surface area contributed by atoms with Crippen LogP contribution in [0.1, 0.15) is 15.9 Å². The minimum absolute atomic E-state index is 0.119. The largest absolute Gasteiger partial charge is 0.357 e. The van der Waals surface area contributed by atoms with Gasteiger partial charge in [-0.25, -0.2) is 9.97 Å². The van der Waals surface area contributed by atoms with Gasteiger partial charge in [-0.1, -0.05) is 29.8 Å². The van der Waals surface area contributed by atoms with Crippen molar-refractivity contribution < 1.29 is 4.79 Å². The summed E-state index contributed by atoms with van der Waals surface area (Å²) >= 11 is 6.09. The molecule has 1 fully saturated rings. The van der Waals surface area contributed by atoms with Crippen LogP contribution in [0.15, 0.2) is 42.9 Å². The van der Waals surface area contributed by atoms with Gasteiger partial charge < -0.3 is 9.88 Å². The third-order valence-electron chi connectivity index (χ3n) is 4.87. The minimum atomic E-state index is 0.119. The van der Waals surface area contributed by atoms with Crippen molar-refractivity contribution in [2.24, 2.45) is 0 Å². The molecule has 26 heavy (non-hydrogen) atoms. The molecule has 1 amide bonds. The van der Waals surface area contributed by atoms with Crippen molar-refractivity contribution in [2.75, 3.05) is 32.7 Å². The van der Waals surface area contributed by atoms with Crippen molar-refractivity contribution in [3.63, 3.8) is 0 Å². The van der Waals surface area contributed by atoms with Crippen LogP contribution in [0.4, 0.5) is 0 Å². The molecule has 1 saturated heterocycles. The molecule has 4 rings (SSSR count). The fraction of sp³-hybridized carbons (Fsp3) is 0.316. The first-order valence-electron chi connectivity index (χ1n) is 8.75. The first-order valence-corrected chi connectivity index (χ1v) is 9.13. The van der Waals surface area contributed by atoms with Gasteiger partial charge in [0.15, 0.2) is 5.15 Å². The van der Waals surface area contributed by atoms with Gasteiger partial charge >= 0.3 is 0 Å². The van der Waals surface area contributed by atoms with Gasteiger partial charge in [0.1, 0.15) is 11.8 Å². The molecule has 2 aromatic heterocycles. The molecule has 6 nitrogen and oxygen atoms in total. The Kier molecular flexibility index (Phi) is 4.86. The van der Waals surface area contributed by atoms with Crippen LogP contribution in [0.25, 0.3) is 11.0 Å². The molecule has 0 saturated carbocycles. The maximum atomic E-state index is 12.5. The standard InChI is InChI=1S/C19H20ClN5O/c20-18-17-16(22-13-23-18)15(12-21-17)6-7-24-8-10-25(11-9-24)19(26)14-4-2-1-3-5-14/h1-5,12-13,21H,6-11H2. The van der Waals surface area contributed by atoms with Crippen LogP contribution in [-0.4, -0.2) is 63.4 Å². The van der Waals surface area contributed by atoms with Gasteiger partial charge in [-0.2, -0.15) is 0 Å². The van der Waals surface area contributed by atoms with Crippen molar-refractivity contribution in [2.45, 2.75) is 6.42 Å². The van der Waals surface area contributed by atoms with Crippen LogP contribution in [0, 0.1) is 0 Å². The van der Waals surface area contributed by atoms with Gasteiger partial charge in [0.05, 0.1) is 5.52 Å². The van der Waals surface area contributed by atoms with E-state index in [1.807, 2.05) is 41.4 Å². The summed E-state index contributed by atoms with van der Waals surface area (Å²) < 4.78 is 0. The third kappa shape index (κ3) is 3.43. The van der Waals surface area contributed by atoms with Crippen molar-refractivity contribution >= 4 is 28.5 Å². The number of halogens is 1. The van der Waals surface area contributed by atoms with E-state index < -0.39 is 0 Å². The number of hydrogen-bond donors (Lipinski definition) is 1. The first-order chi connectivity index (χ1) is 12.7. The predicted octanol–water partition coefficient (Wildman–Crippen LogP) is 2.61. The highest BCUT2D eigenvalue weighted by Gasteiger charge is 2.22. The molecule has 3 aromatic rings. The molecular formula is C19H20ClN5O. The van der Waals surface area contributed by atoms with E-state index in [0.29, 0.717) is 5.15 Å². The van der Waals surface area contributed by atoms with Crippen LogP contribution in [-0.2, 0) is 6.42 Å². The SMILES string of the molecule is O=C(c1ccccc1)N1CCN(CCc2c[nH]c3c(Cl)ncnc23)CC1. The Bertz CT molecular complexity index is 903. The fourth-order valence-electron chi connectivity index (χ4n) is 3.37. The van der Waals surface area contributed by atoms with Crippen LogP contribution >= 0.6 is 11.6 Å². The molecule has 1 aliphatic heterocycles. The number of aromatic nitrogens is 3. The summed E-state index contributed by atoms with van der Waals surface area (Å²) in [6, 6.07) is 9.48. The number of H-pyrrole nitrogens is 1. The van der Waals surface area contributed by atoms with Gasteiger partial charge in [0, 0.05) is 44.5 Å². The summed E-state index contributed by atoms with van der Waals surface area (Å²) in [5.74, 6) is 0.119. The Morgan fingerprint density at radius 3 is 2.65 bits per heavy atom. The zero-order chi connectivity index (χ0) is 17.9. The molecule has 1 aliphatic rings. The predicted molar refractivity (Wildman–Crippen MR) is 101 cm³/mol. The number of carbonyl (C=O) groups is 1. The van der Waals surface area contributed by atoms with E-state index >= 15 is 0 Å². The second kappa shape index (κ2) is 7.43. The van der Waals surface area contributed by atoms with Crippen LogP contribution < -0.4 is 0 Å². The third-order valence-corrected chi connectivity index (χ3v) is 5.16. The van der Waals surface area contributed by atoms with Gasteiger partial charge in [0.2, 0.25) is 0 Å². The van der Waals surface area contributed by atoms with E-state index in [9.17, 15) is 4.79 Å². The summed E-state index contributed by atoms with van der Waals surface area (Å²) in [5.41, 5.74) is 3.59. The lowest BCUT2D eigenvalue weighted by molar-refractivity contribution is 0.0638. The summed E-state index contributed by atoms with van der Waals surface area (Å²) in [4.78, 5) is 28.3. The van der Waals surface area contributed by atoms with E-state index in [1.165, 1.54) is 6.33 Å². The number of rotatable bonds is 4. The Balaban J connectivity index is 1.33. The van der Waals surface area contributed by atoms with E-state index in [2.05, 4.69) is 19.9 Å². The van der Waals surface area contributed by atoms with Gasteiger partial charge in [-0.15, -0.1) is 0 Å². The van der Waals surface area contributed by atoms with E-state index in [1.54, 1.807) is 0 Å². The lowest BCUT2D eigenvalue weighted by Crippen LogP contribution is -2.49. The smallest absolute Gasteiger partial charge is 0.253 e. The van der Waals surface area contributed by atoms with E-state index in [-0.39, 0.29) is 5.91 Å². The molecule has 7 heteroatoms.